The molecule has 1 aliphatic rings. The zero-order valence-corrected chi connectivity index (χ0v) is 9.59. The quantitative estimate of drug-likeness (QED) is 0.725. The van der Waals surface area contributed by atoms with E-state index in [1.54, 1.807) is 7.11 Å². The Morgan fingerprint density at radius 3 is 2.50 bits per heavy atom. The number of hydrogen-bond donors (Lipinski definition) is 1. The van der Waals surface area contributed by atoms with Crippen LogP contribution in [-0.4, -0.2) is 44.3 Å². The SMILES string of the molecule is COCCN(C)CC1(N)CCCCC1. The largest absolute Gasteiger partial charge is 0.383 e. The lowest BCUT2D eigenvalue weighted by Gasteiger charge is -2.36. The summed E-state index contributed by atoms with van der Waals surface area (Å²) >= 11 is 0. The molecular weight excluding hydrogens is 176 g/mol. The van der Waals surface area contributed by atoms with Crippen molar-refractivity contribution in [2.45, 2.75) is 37.6 Å². The maximum atomic E-state index is 6.35. The lowest BCUT2D eigenvalue weighted by molar-refractivity contribution is 0.136. The van der Waals surface area contributed by atoms with E-state index >= 15 is 0 Å². The highest BCUT2D eigenvalue weighted by molar-refractivity contribution is 4.89. The first-order valence-corrected chi connectivity index (χ1v) is 5.63. The van der Waals surface area contributed by atoms with Crippen LogP contribution in [0.15, 0.2) is 0 Å². The van der Waals surface area contributed by atoms with Crippen molar-refractivity contribution in [2.75, 3.05) is 33.9 Å². The Bertz CT molecular complexity index is 155. The molecule has 0 unspecified atom stereocenters. The minimum absolute atomic E-state index is 0.0702. The molecule has 0 aromatic heterocycles. The standard InChI is InChI=1S/C11H24N2O/c1-13(8-9-14-2)10-11(12)6-4-3-5-7-11/h3-10,12H2,1-2H3. The number of methoxy groups -OCH3 is 1. The molecule has 1 aliphatic carbocycles. The van der Waals surface area contributed by atoms with Gasteiger partial charge in [0.1, 0.15) is 0 Å². The summed E-state index contributed by atoms with van der Waals surface area (Å²) in [5.41, 5.74) is 6.42. The predicted octanol–water partition coefficient (Wildman–Crippen LogP) is 1.23. The van der Waals surface area contributed by atoms with Crippen molar-refractivity contribution in [3.05, 3.63) is 0 Å². The summed E-state index contributed by atoms with van der Waals surface area (Å²) in [6.07, 6.45) is 6.33. The molecule has 0 aliphatic heterocycles. The molecular formula is C11H24N2O. The number of rotatable bonds is 5. The van der Waals surface area contributed by atoms with Crippen molar-refractivity contribution in [3.63, 3.8) is 0 Å². The monoisotopic (exact) mass is 200 g/mol. The van der Waals surface area contributed by atoms with Gasteiger partial charge in [-0.25, -0.2) is 0 Å². The summed E-state index contributed by atoms with van der Waals surface area (Å²) in [6.45, 7) is 2.79. The highest BCUT2D eigenvalue weighted by atomic mass is 16.5. The topological polar surface area (TPSA) is 38.5 Å². The minimum atomic E-state index is 0.0702. The molecule has 0 aromatic carbocycles. The lowest BCUT2D eigenvalue weighted by atomic mass is 9.82. The van der Waals surface area contributed by atoms with Crippen molar-refractivity contribution >= 4 is 0 Å². The van der Waals surface area contributed by atoms with Crippen LogP contribution in [0.25, 0.3) is 0 Å². The summed E-state index contributed by atoms with van der Waals surface area (Å²) < 4.78 is 5.05. The van der Waals surface area contributed by atoms with Gasteiger partial charge in [-0.15, -0.1) is 0 Å². The fraction of sp³-hybridized carbons (Fsp3) is 1.00. The normalized spacial score (nSPS) is 21.4. The van der Waals surface area contributed by atoms with Crippen LogP contribution in [0.1, 0.15) is 32.1 Å². The van der Waals surface area contributed by atoms with E-state index in [1.165, 1.54) is 32.1 Å². The molecule has 0 atom stereocenters. The molecule has 0 saturated heterocycles. The first kappa shape index (κ1) is 12.0. The summed E-state index contributed by atoms with van der Waals surface area (Å²) in [5.74, 6) is 0. The molecule has 1 saturated carbocycles. The van der Waals surface area contributed by atoms with Crippen molar-refractivity contribution in [3.8, 4) is 0 Å². The predicted molar refractivity (Wildman–Crippen MR) is 59.4 cm³/mol. The summed E-state index contributed by atoms with van der Waals surface area (Å²) in [6, 6.07) is 0. The number of likely N-dealkylation sites (N-methyl/N-ethyl adjacent to an activating group) is 1. The Balaban J connectivity index is 2.25. The summed E-state index contributed by atoms with van der Waals surface area (Å²) in [5, 5.41) is 0. The van der Waals surface area contributed by atoms with Gasteiger partial charge in [0.25, 0.3) is 0 Å². The van der Waals surface area contributed by atoms with Gasteiger partial charge >= 0.3 is 0 Å². The lowest BCUT2D eigenvalue weighted by Crippen LogP contribution is -2.50. The van der Waals surface area contributed by atoms with E-state index < -0.39 is 0 Å². The highest BCUT2D eigenvalue weighted by Gasteiger charge is 2.28. The van der Waals surface area contributed by atoms with E-state index in [2.05, 4.69) is 11.9 Å². The minimum Gasteiger partial charge on any atom is -0.383 e. The first-order chi connectivity index (χ1) is 6.66. The van der Waals surface area contributed by atoms with Crippen LogP contribution in [0, 0.1) is 0 Å². The number of hydrogen-bond acceptors (Lipinski definition) is 3. The van der Waals surface area contributed by atoms with Crippen molar-refractivity contribution in [1.82, 2.24) is 4.90 Å². The van der Waals surface area contributed by atoms with Gasteiger partial charge in [0.15, 0.2) is 0 Å². The zero-order chi connectivity index (χ0) is 10.4. The second-order valence-electron chi connectivity index (χ2n) is 4.65. The molecule has 2 N–H and O–H groups in total. The fourth-order valence-corrected chi connectivity index (χ4v) is 2.28. The first-order valence-electron chi connectivity index (χ1n) is 5.63. The summed E-state index contributed by atoms with van der Waals surface area (Å²) in [7, 11) is 3.87. The maximum absolute atomic E-state index is 6.35. The van der Waals surface area contributed by atoms with Crippen molar-refractivity contribution < 1.29 is 4.74 Å². The van der Waals surface area contributed by atoms with E-state index in [0.29, 0.717) is 0 Å². The summed E-state index contributed by atoms with van der Waals surface area (Å²) in [4.78, 5) is 2.29. The van der Waals surface area contributed by atoms with Crippen molar-refractivity contribution in [1.29, 1.82) is 0 Å². The molecule has 0 amide bonds. The molecule has 1 rings (SSSR count). The van der Waals surface area contributed by atoms with Crippen molar-refractivity contribution in [2.24, 2.45) is 5.73 Å². The highest BCUT2D eigenvalue weighted by Crippen LogP contribution is 2.26. The average molecular weight is 200 g/mol. The van der Waals surface area contributed by atoms with Crippen LogP contribution < -0.4 is 5.73 Å². The van der Waals surface area contributed by atoms with Gasteiger partial charge in [-0.05, 0) is 19.9 Å². The van der Waals surface area contributed by atoms with E-state index in [4.69, 9.17) is 10.5 Å². The van der Waals surface area contributed by atoms with Gasteiger partial charge in [0, 0.05) is 25.7 Å². The third kappa shape index (κ3) is 3.95. The molecule has 0 heterocycles. The smallest absolute Gasteiger partial charge is 0.0589 e. The van der Waals surface area contributed by atoms with E-state index in [1.807, 2.05) is 0 Å². The molecule has 14 heavy (non-hydrogen) atoms. The van der Waals surface area contributed by atoms with Gasteiger partial charge in [-0.1, -0.05) is 19.3 Å². The van der Waals surface area contributed by atoms with Crippen LogP contribution in [0.5, 0.6) is 0 Å². The molecule has 84 valence electrons. The number of ether oxygens (including phenoxy) is 1. The van der Waals surface area contributed by atoms with Crippen LogP contribution in [0.2, 0.25) is 0 Å². The molecule has 0 bridgehead atoms. The zero-order valence-electron chi connectivity index (χ0n) is 9.59. The van der Waals surface area contributed by atoms with Gasteiger partial charge in [0.05, 0.1) is 6.61 Å². The Kier molecular flexibility index (Phi) is 4.85. The van der Waals surface area contributed by atoms with Crippen LogP contribution in [0.3, 0.4) is 0 Å². The number of nitrogens with zero attached hydrogens (tertiary/aromatic N) is 1. The molecule has 3 heteroatoms. The number of nitrogens with two attached hydrogens (primary N) is 1. The van der Waals surface area contributed by atoms with E-state index in [9.17, 15) is 0 Å². The van der Waals surface area contributed by atoms with Gasteiger partial charge in [-0.3, -0.25) is 0 Å². The third-order valence-electron chi connectivity index (χ3n) is 3.11. The van der Waals surface area contributed by atoms with E-state index in [0.717, 1.165) is 19.7 Å². The maximum Gasteiger partial charge on any atom is 0.0589 e. The molecule has 0 spiro atoms. The van der Waals surface area contributed by atoms with Crippen LogP contribution >= 0.6 is 0 Å². The van der Waals surface area contributed by atoms with Crippen LogP contribution in [-0.2, 0) is 4.74 Å². The van der Waals surface area contributed by atoms with Gasteiger partial charge in [0.2, 0.25) is 0 Å². The Hall–Kier alpha value is -0.120. The molecule has 3 nitrogen and oxygen atoms in total. The molecule has 0 aromatic rings. The Morgan fingerprint density at radius 1 is 1.29 bits per heavy atom. The van der Waals surface area contributed by atoms with Gasteiger partial charge in [-0.2, -0.15) is 0 Å². The Labute approximate surface area is 87.6 Å². The third-order valence-corrected chi connectivity index (χ3v) is 3.11. The average Bonchev–Trinajstić information content (AvgIpc) is 2.15. The Morgan fingerprint density at radius 2 is 1.93 bits per heavy atom. The molecule has 0 radical (unpaired) electrons. The molecule has 1 fully saturated rings. The second-order valence-corrected chi connectivity index (χ2v) is 4.65. The van der Waals surface area contributed by atoms with Crippen LogP contribution in [0.4, 0.5) is 0 Å². The fourth-order valence-electron chi connectivity index (χ4n) is 2.28. The van der Waals surface area contributed by atoms with Gasteiger partial charge < -0.3 is 15.4 Å². The van der Waals surface area contributed by atoms with E-state index in [-0.39, 0.29) is 5.54 Å². The second kappa shape index (κ2) is 5.69.